The van der Waals surface area contributed by atoms with Gasteiger partial charge in [-0.1, -0.05) is 0 Å². The maximum Gasteiger partial charge on any atom is 0.195 e. The lowest BCUT2D eigenvalue weighted by Crippen LogP contribution is -2.32. The lowest BCUT2D eigenvalue weighted by Gasteiger charge is -2.14. The number of thiazole rings is 1. The van der Waals surface area contributed by atoms with Crippen LogP contribution in [0.4, 0.5) is 10.8 Å². The van der Waals surface area contributed by atoms with Crippen molar-refractivity contribution >= 4 is 52.1 Å². The molecule has 0 saturated carbocycles. The number of aromatic nitrogens is 1. The van der Waals surface area contributed by atoms with Gasteiger partial charge in [0.05, 0.1) is 18.9 Å². The fourth-order valence-corrected chi connectivity index (χ4v) is 4.24. The number of ether oxygens (including phenoxy) is 2. The van der Waals surface area contributed by atoms with Crippen molar-refractivity contribution in [1.82, 2.24) is 10.3 Å². The van der Waals surface area contributed by atoms with Gasteiger partial charge in [-0.3, -0.25) is 4.99 Å². The zero-order valence-corrected chi connectivity index (χ0v) is 19.8. The first-order chi connectivity index (χ1) is 13.8. The summed E-state index contributed by atoms with van der Waals surface area (Å²) in [4.78, 5) is 11.5. The largest absolute Gasteiger partial charge is 0.490 e. The van der Waals surface area contributed by atoms with Crippen molar-refractivity contribution in [1.29, 1.82) is 0 Å². The SMILES string of the molecule is CN=C(NCCc1csc(N2CCCC2)n1)Nc1ccc2c(c1)OCCCO2.I. The standard InChI is InChI=1S/C20H27N5O2S.HI/c1-21-19(23-15-5-6-17-18(13-15)27-12-4-11-26-17)22-8-7-16-14-28-20(24-16)25-9-2-3-10-25;/h5-6,13-14H,2-4,7-12H2,1H3,(H2,21,22,23);1H. The number of hydrogen-bond acceptors (Lipinski definition) is 6. The molecule has 0 atom stereocenters. The molecule has 0 spiro atoms. The summed E-state index contributed by atoms with van der Waals surface area (Å²) in [6.07, 6.45) is 4.32. The number of nitrogens with zero attached hydrogens (tertiary/aromatic N) is 3. The van der Waals surface area contributed by atoms with Crippen molar-refractivity contribution in [2.45, 2.75) is 25.7 Å². The second-order valence-electron chi connectivity index (χ2n) is 6.90. The second-order valence-corrected chi connectivity index (χ2v) is 7.74. The number of anilines is 2. The van der Waals surface area contributed by atoms with Crippen molar-refractivity contribution < 1.29 is 9.47 Å². The van der Waals surface area contributed by atoms with Crippen LogP contribution >= 0.6 is 35.3 Å². The fraction of sp³-hybridized carbons (Fsp3) is 0.500. The summed E-state index contributed by atoms with van der Waals surface area (Å²) in [5.41, 5.74) is 2.05. The zero-order valence-electron chi connectivity index (χ0n) is 16.6. The van der Waals surface area contributed by atoms with Crippen LogP contribution < -0.4 is 25.0 Å². The van der Waals surface area contributed by atoms with E-state index in [9.17, 15) is 0 Å². The van der Waals surface area contributed by atoms with Gasteiger partial charge >= 0.3 is 0 Å². The molecule has 1 aromatic carbocycles. The molecule has 2 aliphatic rings. The van der Waals surface area contributed by atoms with E-state index in [2.05, 4.69) is 25.9 Å². The first-order valence-electron chi connectivity index (χ1n) is 9.88. The molecule has 9 heteroatoms. The molecule has 2 aromatic rings. The molecule has 1 fully saturated rings. The molecule has 2 aliphatic heterocycles. The van der Waals surface area contributed by atoms with E-state index in [1.807, 2.05) is 18.2 Å². The predicted molar refractivity (Wildman–Crippen MR) is 130 cm³/mol. The molecule has 1 saturated heterocycles. The molecule has 0 unspecified atom stereocenters. The molecule has 0 amide bonds. The lowest BCUT2D eigenvalue weighted by atomic mass is 10.2. The maximum absolute atomic E-state index is 5.75. The van der Waals surface area contributed by atoms with Gasteiger partial charge in [0.1, 0.15) is 0 Å². The third-order valence-corrected chi connectivity index (χ3v) is 5.77. The summed E-state index contributed by atoms with van der Waals surface area (Å²) < 4.78 is 11.4. The minimum Gasteiger partial charge on any atom is -0.490 e. The predicted octanol–water partition coefficient (Wildman–Crippen LogP) is 3.75. The number of fused-ring (bicyclic) bond motifs is 1. The zero-order chi connectivity index (χ0) is 19.2. The highest BCUT2D eigenvalue weighted by atomic mass is 127. The Balaban J connectivity index is 0.00000240. The van der Waals surface area contributed by atoms with Gasteiger partial charge in [-0.15, -0.1) is 35.3 Å². The summed E-state index contributed by atoms with van der Waals surface area (Å²) in [6.45, 7) is 4.41. The Morgan fingerprint density at radius 1 is 1.17 bits per heavy atom. The highest BCUT2D eigenvalue weighted by molar-refractivity contribution is 14.0. The van der Waals surface area contributed by atoms with Crippen molar-refractivity contribution in [2.24, 2.45) is 4.99 Å². The third-order valence-electron chi connectivity index (χ3n) is 4.82. The average Bonchev–Trinajstić information content (AvgIpc) is 3.35. The van der Waals surface area contributed by atoms with Crippen LogP contribution in [-0.2, 0) is 6.42 Å². The van der Waals surface area contributed by atoms with E-state index in [1.54, 1.807) is 18.4 Å². The first-order valence-corrected chi connectivity index (χ1v) is 10.8. The van der Waals surface area contributed by atoms with Crippen LogP contribution in [0.2, 0.25) is 0 Å². The number of rotatable bonds is 5. The smallest absolute Gasteiger partial charge is 0.195 e. The van der Waals surface area contributed by atoms with Crippen LogP contribution in [0, 0.1) is 0 Å². The second kappa shape index (κ2) is 10.9. The normalized spacial score (nSPS) is 16.2. The summed E-state index contributed by atoms with van der Waals surface area (Å²) in [6, 6.07) is 5.87. The molecule has 0 aliphatic carbocycles. The topological polar surface area (TPSA) is 71.0 Å². The number of nitrogens with one attached hydrogen (secondary N) is 2. The van der Waals surface area contributed by atoms with Crippen LogP contribution in [0.1, 0.15) is 25.0 Å². The van der Waals surface area contributed by atoms with Gasteiger partial charge < -0.3 is 25.0 Å². The average molecular weight is 529 g/mol. The molecular weight excluding hydrogens is 501 g/mol. The van der Waals surface area contributed by atoms with Crippen LogP contribution in [-0.4, -0.2) is 50.8 Å². The molecule has 3 heterocycles. The highest BCUT2D eigenvalue weighted by Gasteiger charge is 2.15. The van der Waals surface area contributed by atoms with E-state index in [0.717, 1.165) is 66.4 Å². The Hall–Kier alpha value is -1.75. The third kappa shape index (κ3) is 5.88. The van der Waals surface area contributed by atoms with Crippen molar-refractivity contribution in [3.8, 4) is 11.5 Å². The number of benzene rings is 1. The van der Waals surface area contributed by atoms with E-state index >= 15 is 0 Å². The Morgan fingerprint density at radius 2 is 1.97 bits per heavy atom. The monoisotopic (exact) mass is 529 g/mol. The number of halogens is 1. The van der Waals surface area contributed by atoms with E-state index in [4.69, 9.17) is 14.5 Å². The van der Waals surface area contributed by atoms with E-state index in [-0.39, 0.29) is 24.0 Å². The molecule has 7 nitrogen and oxygen atoms in total. The Bertz CT molecular complexity index is 823. The Morgan fingerprint density at radius 3 is 2.76 bits per heavy atom. The summed E-state index contributed by atoms with van der Waals surface area (Å²) >= 11 is 1.74. The molecule has 2 N–H and O–H groups in total. The van der Waals surface area contributed by atoms with Crippen molar-refractivity contribution in [3.05, 3.63) is 29.3 Å². The van der Waals surface area contributed by atoms with Crippen LogP contribution in [0.15, 0.2) is 28.6 Å². The van der Waals surface area contributed by atoms with Gasteiger partial charge in [-0.05, 0) is 25.0 Å². The van der Waals surface area contributed by atoms with Gasteiger partial charge in [-0.2, -0.15) is 0 Å². The Kier molecular flexibility index (Phi) is 8.22. The van der Waals surface area contributed by atoms with Crippen LogP contribution in [0.5, 0.6) is 11.5 Å². The molecule has 0 radical (unpaired) electrons. The molecule has 29 heavy (non-hydrogen) atoms. The molecular formula is C20H28IN5O2S. The van der Waals surface area contributed by atoms with Gasteiger partial charge in [-0.25, -0.2) is 4.98 Å². The molecule has 4 rings (SSSR count). The molecule has 158 valence electrons. The van der Waals surface area contributed by atoms with Crippen LogP contribution in [0.3, 0.4) is 0 Å². The summed E-state index contributed by atoms with van der Waals surface area (Å²) in [5.74, 6) is 2.29. The minimum absolute atomic E-state index is 0. The fourth-order valence-electron chi connectivity index (χ4n) is 3.33. The van der Waals surface area contributed by atoms with Gasteiger partial charge in [0.15, 0.2) is 22.6 Å². The van der Waals surface area contributed by atoms with Gasteiger partial charge in [0, 0.05) is 56.7 Å². The maximum atomic E-state index is 5.75. The molecule has 1 aromatic heterocycles. The number of guanidine groups is 1. The first kappa shape index (κ1) is 21.9. The highest BCUT2D eigenvalue weighted by Crippen LogP contribution is 2.32. The minimum atomic E-state index is 0. The van der Waals surface area contributed by atoms with Crippen molar-refractivity contribution in [2.75, 3.05) is 50.1 Å². The Labute approximate surface area is 192 Å². The number of aliphatic imine (C=N–C) groups is 1. The quantitative estimate of drug-likeness (QED) is 0.350. The molecule has 0 bridgehead atoms. The van der Waals surface area contributed by atoms with E-state index < -0.39 is 0 Å². The van der Waals surface area contributed by atoms with E-state index in [0.29, 0.717) is 13.2 Å². The van der Waals surface area contributed by atoms with Crippen LogP contribution in [0.25, 0.3) is 0 Å². The summed E-state index contributed by atoms with van der Waals surface area (Å²) in [5, 5.41) is 9.99. The van der Waals surface area contributed by atoms with E-state index in [1.165, 1.54) is 12.8 Å². The number of hydrogen-bond donors (Lipinski definition) is 2. The lowest BCUT2D eigenvalue weighted by molar-refractivity contribution is 0.297. The van der Waals surface area contributed by atoms with Gasteiger partial charge in [0.2, 0.25) is 0 Å². The van der Waals surface area contributed by atoms with Crippen molar-refractivity contribution in [3.63, 3.8) is 0 Å². The van der Waals surface area contributed by atoms with Gasteiger partial charge in [0.25, 0.3) is 0 Å². The summed E-state index contributed by atoms with van der Waals surface area (Å²) in [7, 11) is 1.77.